The Hall–Kier alpha value is -1.23. The van der Waals surface area contributed by atoms with E-state index < -0.39 is 0 Å². The second-order valence-electron chi connectivity index (χ2n) is 5.01. The fraction of sp³-hybridized carbons (Fsp3) is 0.250. The molecule has 0 spiro atoms. The number of halogens is 1. The molecule has 3 rings (SSSR count). The molecule has 1 aromatic carbocycles. The summed E-state index contributed by atoms with van der Waals surface area (Å²) in [7, 11) is 0. The van der Waals surface area contributed by atoms with E-state index in [0.717, 1.165) is 44.1 Å². The van der Waals surface area contributed by atoms with Crippen LogP contribution in [0.1, 0.15) is 40.0 Å². The fourth-order valence-corrected chi connectivity index (χ4v) is 3.29. The molecule has 0 unspecified atom stereocenters. The van der Waals surface area contributed by atoms with Crippen molar-refractivity contribution >= 4 is 42.9 Å². The van der Waals surface area contributed by atoms with Crippen molar-refractivity contribution < 1.29 is 4.79 Å². The molecule has 0 N–H and O–H groups in total. The summed E-state index contributed by atoms with van der Waals surface area (Å²) in [5.41, 5.74) is 4.89. The molecule has 0 amide bonds. The van der Waals surface area contributed by atoms with Crippen LogP contribution < -0.4 is 0 Å². The van der Waals surface area contributed by atoms with Gasteiger partial charge >= 0.3 is 0 Å². The average Bonchev–Trinajstić information content (AvgIpc) is 2.36. The minimum atomic E-state index is 0.213. The summed E-state index contributed by atoms with van der Waals surface area (Å²) >= 11 is 2.21. The van der Waals surface area contributed by atoms with E-state index in [9.17, 15) is 4.79 Å². The molecule has 0 saturated carbocycles. The first-order valence-corrected chi connectivity index (χ1v) is 7.47. The quantitative estimate of drug-likeness (QED) is 0.700. The predicted molar refractivity (Wildman–Crippen MR) is 86.8 cm³/mol. The molecule has 96 valence electrons. The summed E-state index contributed by atoms with van der Waals surface area (Å²) in [6, 6.07) is 6.20. The molecule has 2 nitrogen and oxygen atoms in total. The van der Waals surface area contributed by atoms with E-state index >= 15 is 0 Å². The number of aryl methyl sites for hydroxylation is 2. The Labute approximate surface area is 126 Å². The highest BCUT2D eigenvalue weighted by Gasteiger charge is 2.24. The number of hydrogen-bond donors (Lipinski definition) is 0. The van der Waals surface area contributed by atoms with Crippen LogP contribution in [0, 0.1) is 6.92 Å². The van der Waals surface area contributed by atoms with Crippen molar-refractivity contribution in [2.45, 2.75) is 26.2 Å². The highest BCUT2D eigenvalue weighted by molar-refractivity contribution is 14.1. The summed E-state index contributed by atoms with van der Waals surface area (Å²) in [4.78, 5) is 16.9. The van der Waals surface area contributed by atoms with Crippen molar-refractivity contribution in [3.63, 3.8) is 0 Å². The lowest BCUT2D eigenvalue weighted by Gasteiger charge is -2.19. The molecule has 0 atom stereocenters. The first-order valence-electron chi connectivity index (χ1n) is 6.39. The van der Waals surface area contributed by atoms with Crippen LogP contribution in [0.15, 0.2) is 24.8 Å². The van der Waals surface area contributed by atoms with E-state index in [0.29, 0.717) is 6.42 Å². The maximum Gasteiger partial charge on any atom is 0.165 e. The van der Waals surface area contributed by atoms with Gasteiger partial charge in [0.05, 0.1) is 11.2 Å². The van der Waals surface area contributed by atoms with Crippen LogP contribution in [0.3, 0.4) is 0 Å². The van der Waals surface area contributed by atoms with Crippen molar-refractivity contribution in [3.05, 3.63) is 47.2 Å². The Morgan fingerprint density at radius 3 is 2.89 bits per heavy atom. The van der Waals surface area contributed by atoms with Crippen molar-refractivity contribution in [1.29, 1.82) is 0 Å². The zero-order chi connectivity index (χ0) is 13.6. The number of aromatic nitrogens is 1. The Kier molecular flexibility index (Phi) is 3.17. The molecule has 0 bridgehead atoms. The first-order chi connectivity index (χ1) is 9.08. The average molecular weight is 363 g/mol. The van der Waals surface area contributed by atoms with E-state index in [4.69, 9.17) is 0 Å². The Morgan fingerprint density at radius 2 is 2.16 bits per heavy atom. The van der Waals surface area contributed by atoms with Crippen molar-refractivity contribution in [2.75, 3.05) is 0 Å². The maximum atomic E-state index is 12.3. The van der Waals surface area contributed by atoms with Gasteiger partial charge in [0.2, 0.25) is 0 Å². The Morgan fingerprint density at radius 1 is 1.37 bits per heavy atom. The first kappa shape index (κ1) is 12.8. The number of carbonyl (C=O) groups excluding carboxylic acids is 1. The summed E-state index contributed by atoms with van der Waals surface area (Å²) in [6.45, 7) is 6.11. The lowest BCUT2D eigenvalue weighted by atomic mass is 9.88. The van der Waals surface area contributed by atoms with Gasteiger partial charge in [0, 0.05) is 26.5 Å². The van der Waals surface area contributed by atoms with Gasteiger partial charge in [-0.2, -0.15) is 0 Å². The molecule has 0 radical (unpaired) electrons. The topological polar surface area (TPSA) is 30.0 Å². The van der Waals surface area contributed by atoms with E-state index in [-0.39, 0.29) is 5.78 Å². The molecule has 0 saturated heterocycles. The van der Waals surface area contributed by atoms with E-state index in [1.165, 1.54) is 5.56 Å². The van der Waals surface area contributed by atoms with E-state index in [2.05, 4.69) is 53.2 Å². The summed E-state index contributed by atoms with van der Waals surface area (Å²) in [5.74, 6) is 0.213. The molecule has 0 aliphatic heterocycles. The molecule has 1 aliphatic rings. The predicted octanol–water partition coefficient (Wildman–Crippen LogP) is 4.47. The molecule has 3 heteroatoms. The maximum absolute atomic E-state index is 12.3. The molecule has 1 heterocycles. The van der Waals surface area contributed by atoms with Crippen molar-refractivity contribution in [1.82, 2.24) is 4.98 Å². The fourth-order valence-electron chi connectivity index (χ4n) is 2.73. The van der Waals surface area contributed by atoms with Crippen molar-refractivity contribution in [2.24, 2.45) is 0 Å². The number of rotatable bonds is 1. The van der Waals surface area contributed by atoms with Crippen LogP contribution in [-0.2, 0) is 6.42 Å². The molecular weight excluding hydrogens is 349 g/mol. The molecule has 1 aromatic heterocycles. The second-order valence-corrected chi connectivity index (χ2v) is 6.31. The van der Waals surface area contributed by atoms with Gasteiger partial charge in [-0.1, -0.05) is 18.2 Å². The summed E-state index contributed by atoms with van der Waals surface area (Å²) in [5, 5.41) is 1.05. The minimum Gasteiger partial charge on any atom is -0.294 e. The third-order valence-electron chi connectivity index (χ3n) is 3.58. The highest BCUT2D eigenvalue weighted by atomic mass is 127. The number of nitrogens with zero attached hydrogens (tertiary/aromatic N) is 1. The molecule has 19 heavy (non-hydrogen) atoms. The Bertz CT molecular complexity index is 718. The van der Waals surface area contributed by atoms with Crippen molar-refractivity contribution in [3.8, 4) is 0 Å². The van der Waals surface area contributed by atoms with Gasteiger partial charge in [-0.15, -0.1) is 0 Å². The van der Waals surface area contributed by atoms with Gasteiger partial charge < -0.3 is 0 Å². The van der Waals surface area contributed by atoms with Crippen LogP contribution >= 0.6 is 22.6 Å². The third-order valence-corrected chi connectivity index (χ3v) is 4.12. The van der Waals surface area contributed by atoms with E-state index in [1.807, 2.05) is 6.07 Å². The van der Waals surface area contributed by atoms with Gasteiger partial charge in [-0.25, -0.2) is 0 Å². The van der Waals surface area contributed by atoms with Gasteiger partial charge in [0.15, 0.2) is 5.78 Å². The number of pyridine rings is 1. The summed E-state index contributed by atoms with van der Waals surface area (Å²) in [6.07, 6.45) is 2.42. The van der Waals surface area contributed by atoms with Gasteiger partial charge in [-0.3, -0.25) is 9.78 Å². The van der Waals surface area contributed by atoms with Gasteiger partial charge in [0.25, 0.3) is 0 Å². The highest BCUT2D eigenvalue weighted by Crippen LogP contribution is 2.35. The second kappa shape index (κ2) is 4.71. The number of ketones is 1. The lowest BCUT2D eigenvalue weighted by Crippen LogP contribution is -2.15. The third kappa shape index (κ3) is 2.10. The molecule has 0 fully saturated rings. The van der Waals surface area contributed by atoms with Crippen LogP contribution in [-0.4, -0.2) is 10.8 Å². The van der Waals surface area contributed by atoms with Gasteiger partial charge in [0.1, 0.15) is 0 Å². The standard InChI is InChI=1S/C16H14INO/c1-9-6-7-12-11(8-9)15(10(2)17)16-13(18-12)4-3-5-14(16)19/h6-8H,2-5H2,1H3. The lowest BCUT2D eigenvalue weighted by molar-refractivity contribution is 0.0971. The summed E-state index contributed by atoms with van der Waals surface area (Å²) < 4.78 is 0.919. The number of carbonyl (C=O) groups is 1. The number of Topliss-reactive ketones (excluding diaryl/α,β-unsaturated/α-hetero) is 1. The molecule has 1 aliphatic carbocycles. The number of benzene rings is 1. The van der Waals surface area contributed by atoms with E-state index in [1.54, 1.807) is 0 Å². The van der Waals surface area contributed by atoms with Crippen LogP contribution in [0.4, 0.5) is 0 Å². The van der Waals surface area contributed by atoms with Gasteiger partial charge in [-0.05, 0) is 54.5 Å². The Balaban J connectivity index is 2.47. The SMILES string of the molecule is C=C(I)c1c2c(nc3ccc(C)cc13)CCCC2=O. The van der Waals surface area contributed by atoms with Crippen LogP contribution in [0.2, 0.25) is 0 Å². The van der Waals surface area contributed by atoms with Crippen LogP contribution in [0.25, 0.3) is 14.5 Å². The normalized spacial score (nSPS) is 14.5. The smallest absolute Gasteiger partial charge is 0.165 e. The zero-order valence-electron chi connectivity index (χ0n) is 10.8. The monoisotopic (exact) mass is 363 g/mol. The van der Waals surface area contributed by atoms with Crippen LogP contribution in [0.5, 0.6) is 0 Å². The molecule has 2 aromatic rings. The largest absolute Gasteiger partial charge is 0.294 e. The zero-order valence-corrected chi connectivity index (χ0v) is 13.0. The minimum absolute atomic E-state index is 0.213. The number of fused-ring (bicyclic) bond motifs is 2. The molecular formula is C16H14INO. The number of hydrogen-bond acceptors (Lipinski definition) is 2.